The number of hydrogen-bond acceptors (Lipinski definition) is 10. The molecule has 2 N–H and O–H groups in total. The van der Waals surface area contributed by atoms with Gasteiger partial charge >= 0.3 is 12.1 Å². The third kappa shape index (κ3) is 7.67. The van der Waals surface area contributed by atoms with Crippen molar-refractivity contribution in [2.45, 2.75) is 40.0 Å². The van der Waals surface area contributed by atoms with Crippen LogP contribution in [0.4, 0.5) is 10.5 Å². The number of rotatable bonds is 11. The van der Waals surface area contributed by atoms with Crippen LogP contribution in [0, 0.1) is 5.92 Å². The Morgan fingerprint density at radius 2 is 1.60 bits per heavy atom. The van der Waals surface area contributed by atoms with E-state index in [1.165, 1.54) is 28.4 Å². The van der Waals surface area contributed by atoms with E-state index in [-0.39, 0.29) is 18.4 Å². The summed E-state index contributed by atoms with van der Waals surface area (Å²) in [5, 5.41) is 5.91. The van der Waals surface area contributed by atoms with Crippen LogP contribution in [0.2, 0.25) is 0 Å². The number of benzene rings is 1. The van der Waals surface area contributed by atoms with Crippen molar-refractivity contribution in [1.29, 1.82) is 0 Å². The Bertz CT molecular complexity index is 1190. The van der Waals surface area contributed by atoms with E-state index in [0.29, 0.717) is 66.6 Å². The van der Waals surface area contributed by atoms with Crippen LogP contribution in [0.3, 0.4) is 0 Å². The number of methoxy groups -OCH3 is 4. The molecule has 1 fully saturated rings. The van der Waals surface area contributed by atoms with Crippen molar-refractivity contribution in [2.24, 2.45) is 5.92 Å². The molecule has 1 aromatic carbocycles. The maximum atomic E-state index is 13.7. The molecule has 2 amide bonds. The molecule has 232 valence electrons. The molecule has 1 atom stereocenters. The number of ether oxygens (including phenoxy) is 5. The molecule has 0 aliphatic carbocycles. The van der Waals surface area contributed by atoms with Crippen LogP contribution in [-0.2, 0) is 19.1 Å². The standard InChI is InChI=1S/C30H44N4O8/c1-8-22-25(19(2)31-20(3)26(22)29(36)41-7)28(35)34-13-9-11-33(14-15-34)12-10-16-42-30(37)32-21-17-23(38-4)27(40-6)24(18-21)39-5/h17-18,22,31H,8-16H2,1-7H3,(H,32,37). The summed E-state index contributed by atoms with van der Waals surface area (Å²) in [5.41, 5.74) is 3.10. The fraction of sp³-hybridized carbons (Fsp3) is 0.567. The fourth-order valence-electron chi connectivity index (χ4n) is 5.53. The predicted octanol–water partition coefficient (Wildman–Crippen LogP) is 3.54. The number of hydrogen-bond donors (Lipinski definition) is 2. The number of allylic oxidation sites excluding steroid dienone is 2. The van der Waals surface area contributed by atoms with E-state index in [2.05, 4.69) is 15.5 Å². The molecule has 42 heavy (non-hydrogen) atoms. The summed E-state index contributed by atoms with van der Waals surface area (Å²) in [5.74, 6) is 0.511. The molecule has 12 nitrogen and oxygen atoms in total. The van der Waals surface area contributed by atoms with Gasteiger partial charge in [0.2, 0.25) is 5.75 Å². The molecule has 2 heterocycles. The van der Waals surface area contributed by atoms with E-state index in [4.69, 9.17) is 23.7 Å². The third-order valence-corrected chi connectivity index (χ3v) is 7.56. The Balaban J connectivity index is 1.50. The highest BCUT2D eigenvalue weighted by molar-refractivity contribution is 6.00. The topological polar surface area (TPSA) is 128 Å². The van der Waals surface area contributed by atoms with Gasteiger partial charge in [0, 0.05) is 61.2 Å². The molecule has 0 aromatic heterocycles. The zero-order chi connectivity index (χ0) is 30.8. The van der Waals surface area contributed by atoms with Crippen LogP contribution in [-0.4, -0.2) is 95.5 Å². The van der Waals surface area contributed by atoms with E-state index >= 15 is 0 Å². The highest BCUT2D eigenvalue weighted by Gasteiger charge is 2.36. The van der Waals surface area contributed by atoms with Gasteiger partial charge in [-0.2, -0.15) is 0 Å². The van der Waals surface area contributed by atoms with Crippen LogP contribution >= 0.6 is 0 Å². The first-order valence-corrected chi connectivity index (χ1v) is 14.2. The second kappa shape index (κ2) is 15.3. The van der Waals surface area contributed by atoms with Crippen LogP contribution in [0.5, 0.6) is 17.2 Å². The van der Waals surface area contributed by atoms with Crippen molar-refractivity contribution >= 4 is 23.7 Å². The summed E-state index contributed by atoms with van der Waals surface area (Å²) in [7, 11) is 5.88. The van der Waals surface area contributed by atoms with Gasteiger partial charge in [-0.3, -0.25) is 10.1 Å². The molecule has 0 spiro atoms. The molecule has 1 aromatic rings. The van der Waals surface area contributed by atoms with E-state index in [9.17, 15) is 14.4 Å². The van der Waals surface area contributed by atoms with Gasteiger partial charge in [0.1, 0.15) is 0 Å². The Kier molecular flexibility index (Phi) is 11.9. The average molecular weight is 589 g/mol. The van der Waals surface area contributed by atoms with Crippen LogP contribution < -0.4 is 24.8 Å². The van der Waals surface area contributed by atoms with Crippen molar-refractivity contribution in [3.8, 4) is 17.2 Å². The number of nitrogens with zero attached hydrogens (tertiary/aromatic N) is 2. The molecule has 12 heteroatoms. The van der Waals surface area contributed by atoms with Gasteiger partial charge in [0.15, 0.2) is 11.5 Å². The minimum absolute atomic E-state index is 0.0469. The lowest BCUT2D eigenvalue weighted by Gasteiger charge is -2.32. The quantitative estimate of drug-likeness (QED) is 0.293. The number of dihydropyridines is 1. The largest absolute Gasteiger partial charge is 0.493 e. The van der Waals surface area contributed by atoms with Gasteiger partial charge in [-0.05, 0) is 39.7 Å². The SMILES string of the molecule is CCC1C(C(=O)OC)=C(C)NC(C)=C1C(=O)N1CCCN(CCCOC(=O)Nc2cc(OC)c(OC)c(OC)c2)CC1. The number of esters is 1. The Morgan fingerprint density at radius 1 is 0.929 bits per heavy atom. The highest BCUT2D eigenvalue weighted by atomic mass is 16.5. The lowest BCUT2D eigenvalue weighted by Crippen LogP contribution is -2.41. The van der Waals surface area contributed by atoms with Gasteiger partial charge < -0.3 is 38.8 Å². The summed E-state index contributed by atoms with van der Waals surface area (Å²) >= 11 is 0. The lowest BCUT2D eigenvalue weighted by molar-refractivity contribution is -0.136. The van der Waals surface area contributed by atoms with Gasteiger partial charge in [-0.15, -0.1) is 0 Å². The summed E-state index contributed by atoms with van der Waals surface area (Å²) in [6, 6.07) is 3.26. The molecule has 2 aliphatic heterocycles. The zero-order valence-electron chi connectivity index (χ0n) is 25.8. The van der Waals surface area contributed by atoms with E-state index < -0.39 is 12.1 Å². The van der Waals surface area contributed by atoms with Gasteiger partial charge in [0.05, 0.1) is 46.3 Å². The second-order valence-corrected chi connectivity index (χ2v) is 10.2. The number of carbonyl (C=O) groups excluding carboxylic acids is 3. The van der Waals surface area contributed by atoms with E-state index in [1.807, 2.05) is 25.7 Å². The van der Waals surface area contributed by atoms with Crippen molar-refractivity contribution in [3.05, 3.63) is 34.7 Å². The fourth-order valence-corrected chi connectivity index (χ4v) is 5.53. The maximum Gasteiger partial charge on any atom is 0.411 e. The number of anilines is 1. The Morgan fingerprint density at radius 3 is 2.19 bits per heavy atom. The smallest absolute Gasteiger partial charge is 0.411 e. The van der Waals surface area contributed by atoms with Gasteiger partial charge in [-0.25, -0.2) is 9.59 Å². The summed E-state index contributed by atoms with van der Waals surface area (Å²) in [6.07, 6.45) is 1.51. The Labute approximate surface area is 247 Å². The van der Waals surface area contributed by atoms with Gasteiger partial charge in [0.25, 0.3) is 5.91 Å². The van der Waals surface area contributed by atoms with Crippen LogP contribution in [0.25, 0.3) is 0 Å². The third-order valence-electron chi connectivity index (χ3n) is 7.56. The first-order chi connectivity index (χ1) is 20.2. The average Bonchev–Trinajstić information content (AvgIpc) is 3.23. The van der Waals surface area contributed by atoms with Crippen molar-refractivity contribution in [2.75, 3.05) is 73.1 Å². The van der Waals surface area contributed by atoms with E-state index in [0.717, 1.165) is 30.9 Å². The summed E-state index contributed by atoms with van der Waals surface area (Å²) in [4.78, 5) is 42.7. The van der Waals surface area contributed by atoms with Crippen molar-refractivity contribution < 1.29 is 38.1 Å². The molecule has 0 radical (unpaired) electrons. The zero-order valence-corrected chi connectivity index (χ0v) is 25.8. The molecule has 3 rings (SSSR count). The first-order valence-electron chi connectivity index (χ1n) is 14.2. The molecular formula is C30H44N4O8. The normalized spacial score (nSPS) is 17.7. The minimum atomic E-state index is -0.581. The summed E-state index contributed by atoms with van der Waals surface area (Å²) < 4.78 is 26.3. The second-order valence-electron chi connectivity index (χ2n) is 10.2. The monoisotopic (exact) mass is 588 g/mol. The maximum absolute atomic E-state index is 13.7. The van der Waals surface area contributed by atoms with Crippen LogP contribution in [0.15, 0.2) is 34.7 Å². The molecule has 0 bridgehead atoms. The van der Waals surface area contributed by atoms with Crippen LogP contribution in [0.1, 0.15) is 40.0 Å². The van der Waals surface area contributed by atoms with E-state index in [1.54, 1.807) is 12.1 Å². The summed E-state index contributed by atoms with van der Waals surface area (Å²) in [6.45, 7) is 9.42. The number of amides is 2. The Hall–Kier alpha value is -3.93. The lowest BCUT2D eigenvalue weighted by atomic mass is 9.83. The minimum Gasteiger partial charge on any atom is -0.493 e. The molecule has 2 aliphatic rings. The molecule has 1 unspecified atom stereocenters. The highest BCUT2D eigenvalue weighted by Crippen LogP contribution is 2.40. The number of carbonyl (C=O) groups is 3. The van der Waals surface area contributed by atoms with Gasteiger partial charge in [-0.1, -0.05) is 6.92 Å². The molecule has 1 saturated heterocycles. The number of nitrogens with one attached hydrogen (secondary N) is 2. The van der Waals surface area contributed by atoms with Crippen molar-refractivity contribution in [1.82, 2.24) is 15.1 Å². The first kappa shape index (κ1) is 32.6. The molecular weight excluding hydrogens is 544 g/mol. The molecule has 0 saturated carbocycles. The van der Waals surface area contributed by atoms with Crippen molar-refractivity contribution in [3.63, 3.8) is 0 Å². The predicted molar refractivity (Wildman–Crippen MR) is 158 cm³/mol.